The molecular formula is C20H22N2O3S. The summed E-state index contributed by atoms with van der Waals surface area (Å²) >= 11 is 0. The second kappa shape index (κ2) is 8.31. The van der Waals surface area contributed by atoms with E-state index in [1.165, 1.54) is 3.97 Å². The normalized spacial score (nSPS) is 12.8. The zero-order valence-corrected chi connectivity index (χ0v) is 15.1. The van der Waals surface area contributed by atoms with Crippen molar-refractivity contribution in [3.05, 3.63) is 90.3 Å². The van der Waals surface area contributed by atoms with Crippen LogP contribution in [0.4, 0.5) is 0 Å². The van der Waals surface area contributed by atoms with Gasteiger partial charge in [-0.15, -0.1) is 0 Å². The highest BCUT2D eigenvalue weighted by Crippen LogP contribution is 2.15. The number of benzene rings is 2. The Morgan fingerprint density at radius 2 is 1.62 bits per heavy atom. The van der Waals surface area contributed by atoms with Gasteiger partial charge in [0.1, 0.15) is 0 Å². The Morgan fingerprint density at radius 3 is 2.31 bits per heavy atom. The van der Waals surface area contributed by atoms with Crippen molar-refractivity contribution in [2.24, 2.45) is 0 Å². The molecule has 0 bridgehead atoms. The van der Waals surface area contributed by atoms with Crippen molar-refractivity contribution < 1.29 is 13.5 Å². The summed E-state index contributed by atoms with van der Waals surface area (Å²) in [6, 6.07) is 19.7. The summed E-state index contributed by atoms with van der Waals surface area (Å²) in [5.74, 6) is 0. The molecule has 1 atom stereocenters. The van der Waals surface area contributed by atoms with Crippen LogP contribution in [0.25, 0.3) is 0 Å². The maximum Gasteiger partial charge on any atom is 0.267 e. The molecule has 1 unspecified atom stereocenters. The lowest BCUT2D eigenvalue weighted by atomic mass is 10.1. The van der Waals surface area contributed by atoms with Crippen LogP contribution in [0.3, 0.4) is 0 Å². The molecule has 2 aromatic carbocycles. The van der Waals surface area contributed by atoms with E-state index in [-0.39, 0.29) is 4.90 Å². The van der Waals surface area contributed by atoms with Gasteiger partial charge in [0.05, 0.1) is 11.0 Å². The third-order valence-electron chi connectivity index (χ3n) is 4.16. The molecule has 6 heteroatoms. The van der Waals surface area contributed by atoms with E-state index < -0.39 is 16.1 Å². The molecule has 0 saturated heterocycles. The first-order valence-corrected chi connectivity index (χ1v) is 9.92. The number of aliphatic hydroxyl groups excluding tert-OH is 1. The van der Waals surface area contributed by atoms with Gasteiger partial charge in [-0.1, -0.05) is 48.5 Å². The number of hydrogen-bond acceptors (Lipinski definition) is 4. The van der Waals surface area contributed by atoms with Gasteiger partial charge in [0.25, 0.3) is 10.0 Å². The molecule has 136 valence electrons. The highest BCUT2D eigenvalue weighted by atomic mass is 32.2. The molecule has 0 aliphatic heterocycles. The zero-order valence-electron chi connectivity index (χ0n) is 14.3. The number of rotatable bonds is 8. The van der Waals surface area contributed by atoms with Gasteiger partial charge in [0.15, 0.2) is 0 Å². The number of nitrogens with zero attached hydrogens (tertiary/aromatic N) is 1. The van der Waals surface area contributed by atoms with E-state index in [1.54, 1.807) is 48.8 Å². The predicted molar refractivity (Wildman–Crippen MR) is 101 cm³/mol. The standard InChI is InChI=1S/C20H22N2O3S/c23-20(18-7-3-1-4-8-18)15-21-13-11-17-12-14-22(16-17)26(24,25)19-9-5-2-6-10-19/h1-10,12,14,16,20-21,23H,11,13,15H2. The topological polar surface area (TPSA) is 71.3 Å². The van der Waals surface area contributed by atoms with Gasteiger partial charge in [-0.25, -0.2) is 12.4 Å². The SMILES string of the molecule is O=S(=O)(c1ccccc1)n1ccc(CCNCC(O)c2ccccc2)c1. The molecule has 1 heterocycles. The molecule has 0 aliphatic carbocycles. The van der Waals surface area contributed by atoms with Crippen LogP contribution in [0.2, 0.25) is 0 Å². The summed E-state index contributed by atoms with van der Waals surface area (Å²) in [7, 11) is -3.54. The van der Waals surface area contributed by atoms with E-state index in [0.717, 1.165) is 11.1 Å². The van der Waals surface area contributed by atoms with E-state index in [2.05, 4.69) is 5.32 Å². The van der Waals surface area contributed by atoms with Crippen molar-refractivity contribution >= 4 is 10.0 Å². The van der Waals surface area contributed by atoms with Crippen LogP contribution in [0.5, 0.6) is 0 Å². The average Bonchev–Trinajstić information content (AvgIpc) is 3.16. The van der Waals surface area contributed by atoms with E-state index in [4.69, 9.17) is 0 Å². The molecule has 26 heavy (non-hydrogen) atoms. The lowest BCUT2D eigenvalue weighted by Gasteiger charge is -2.11. The van der Waals surface area contributed by atoms with Crippen molar-refractivity contribution in [3.8, 4) is 0 Å². The number of aromatic nitrogens is 1. The first-order valence-electron chi connectivity index (χ1n) is 8.48. The van der Waals surface area contributed by atoms with E-state index in [1.807, 2.05) is 30.3 Å². The number of aliphatic hydroxyl groups is 1. The first-order chi connectivity index (χ1) is 12.6. The minimum atomic E-state index is -3.54. The van der Waals surface area contributed by atoms with Crippen LogP contribution in [0, 0.1) is 0 Å². The van der Waals surface area contributed by atoms with Gasteiger partial charge in [0, 0.05) is 18.9 Å². The van der Waals surface area contributed by atoms with Gasteiger partial charge in [-0.2, -0.15) is 0 Å². The Kier molecular flexibility index (Phi) is 5.88. The number of nitrogens with one attached hydrogen (secondary N) is 1. The van der Waals surface area contributed by atoms with Crippen LogP contribution in [0.1, 0.15) is 17.2 Å². The first kappa shape index (κ1) is 18.4. The van der Waals surface area contributed by atoms with Crippen molar-refractivity contribution in [1.82, 2.24) is 9.29 Å². The summed E-state index contributed by atoms with van der Waals surface area (Å²) in [5, 5.41) is 13.3. The number of hydrogen-bond donors (Lipinski definition) is 2. The van der Waals surface area contributed by atoms with E-state index in [0.29, 0.717) is 19.5 Å². The van der Waals surface area contributed by atoms with Crippen LogP contribution in [-0.2, 0) is 16.4 Å². The Morgan fingerprint density at radius 1 is 0.962 bits per heavy atom. The third-order valence-corrected chi connectivity index (χ3v) is 5.81. The largest absolute Gasteiger partial charge is 0.387 e. The minimum absolute atomic E-state index is 0.270. The van der Waals surface area contributed by atoms with Crippen molar-refractivity contribution in [2.45, 2.75) is 17.4 Å². The zero-order chi connectivity index (χ0) is 18.4. The highest BCUT2D eigenvalue weighted by Gasteiger charge is 2.16. The molecule has 1 aromatic heterocycles. The van der Waals surface area contributed by atoms with Crippen molar-refractivity contribution in [1.29, 1.82) is 0 Å². The van der Waals surface area contributed by atoms with Crippen LogP contribution in [-0.4, -0.2) is 30.6 Å². The molecule has 3 rings (SSSR count). The van der Waals surface area contributed by atoms with Crippen LogP contribution >= 0.6 is 0 Å². The summed E-state index contributed by atoms with van der Waals surface area (Å²) in [4.78, 5) is 0.270. The molecule has 2 N–H and O–H groups in total. The van der Waals surface area contributed by atoms with Gasteiger partial charge in [-0.3, -0.25) is 0 Å². The van der Waals surface area contributed by atoms with Crippen LogP contribution < -0.4 is 5.32 Å². The Bertz CT molecular complexity index is 922. The van der Waals surface area contributed by atoms with E-state index in [9.17, 15) is 13.5 Å². The molecule has 0 fully saturated rings. The second-order valence-electron chi connectivity index (χ2n) is 6.05. The summed E-state index contributed by atoms with van der Waals surface area (Å²) < 4.78 is 26.3. The second-order valence-corrected chi connectivity index (χ2v) is 7.89. The summed E-state index contributed by atoms with van der Waals surface area (Å²) in [6.45, 7) is 1.10. The van der Waals surface area contributed by atoms with Gasteiger partial charge in [-0.05, 0) is 42.3 Å². The molecule has 0 aliphatic rings. The molecule has 0 amide bonds. The fourth-order valence-electron chi connectivity index (χ4n) is 2.69. The molecule has 0 radical (unpaired) electrons. The van der Waals surface area contributed by atoms with Gasteiger partial charge < -0.3 is 10.4 Å². The van der Waals surface area contributed by atoms with Crippen molar-refractivity contribution in [2.75, 3.05) is 13.1 Å². The van der Waals surface area contributed by atoms with E-state index >= 15 is 0 Å². The molecular weight excluding hydrogens is 348 g/mol. The predicted octanol–water partition coefficient (Wildman–Crippen LogP) is 2.59. The summed E-state index contributed by atoms with van der Waals surface area (Å²) in [5.41, 5.74) is 1.80. The van der Waals surface area contributed by atoms with Crippen molar-refractivity contribution in [3.63, 3.8) is 0 Å². The smallest absolute Gasteiger partial charge is 0.267 e. The third kappa shape index (κ3) is 4.40. The maximum atomic E-state index is 12.5. The Balaban J connectivity index is 1.53. The Labute approximate surface area is 154 Å². The lowest BCUT2D eigenvalue weighted by molar-refractivity contribution is 0.175. The quantitative estimate of drug-likeness (QED) is 0.598. The maximum absolute atomic E-state index is 12.5. The Hall–Kier alpha value is -2.41. The summed E-state index contributed by atoms with van der Waals surface area (Å²) in [6.07, 6.45) is 3.33. The fourth-order valence-corrected chi connectivity index (χ4v) is 3.93. The highest BCUT2D eigenvalue weighted by molar-refractivity contribution is 7.90. The fraction of sp³-hybridized carbons (Fsp3) is 0.200. The molecule has 3 aromatic rings. The van der Waals surface area contributed by atoms with Gasteiger partial charge in [0.2, 0.25) is 0 Å². The molecule has 5 nitrogen and oxygen atoms in total. The minimum Gasteiger partial charge on any atom is -0.387 e. The molecule has 0 spiro atoms. The molecule has 0 saturated carbocycles. The lowest BCUT2D eigenvalue weighted by Crippen LogP contribution is -2.23. The van der Waals surface area contributed by atoms with Crippen LogP contribution in [0.15, 0.2) is 84.0 Å². The van der Waals surface area contributed by atoms with Gasteiger partial charge >= 0.3 is 0 Å². The monoisotopic (exact) mass is 370 g/mol. The average molecular weight is 370 g/mol.